The van der Waals surface area contributed by atoms with E-state index in [1.807, 2.05) is 20.0 Å². The van der Waals surface area contributed by atoms with Crippen LogP contribution in [0.25, 0.3) is 0 Å². The first-order chi connectivity index (χ1) is 22.9. The molecule has 0 radical (unpaired) electrons. The lowest BCUT2D eigenvalue weighted by Crippen LogP contribution is -2.69. The van der Waals surface area contributed by atoms with Crippen LogP contribution in [0.1, 0.15) is 66.2 Å². The van der Waals surface area contributed by atoms with E-state index in [0.717, 1.165) is 16.7 Å². The number of aromatic hydroxyl groups is 1. The minimum atomic E-state index is -0.842. The largest absolute Gasteiger partial charge is 0.504 e. The Morgan fingerprint density at radius 2 is 1.90 bits per heavy atom. The van der Waals surface area contributed by atoms with E-state index in [4.69, 9.17) is 18.9 Å². The number of allylic oxidation sites excluding steroid dienone is 1. The van der Waals surface area contributed by atoms with Crippen LogP contribution in [0.4, 0.5) is 0 Å². The van der Waals surface area contributed by atoms with Gasteiger partial charge in [0.25, 0.3) is 0 Å². The number of methoxy groups -OCH3 is 1. The molecule has 4 aliphatic rings. The molecule has 13 nitrogen and oxygen atoms in total. The molecular weight excluding hydrogens is 618 g/mol. The maximum Gasteiger partial charge on any atom is 0.308 e. The Balaban J connectivity index is 1.53. The Hall–Kier alpha value is -4.80. The van der Waals surface area contributed by atoms with Crippen molar-refractivity contribution in [2.24, 2.45) is 0 Å². The minimum Gasteiger partial charge on any atom is -0.504 e. The van der Waals surface area contributed by atoms with E-state index < -0.39 is 42.0 Å². The van der Waals surface area contributed by atoms with Crippen LogP contribution in [0.3, 0.4) is 0 Å². The highest BCUT2D eigenvalue weighted by molar-refractivity contribution is 5.92. The SMILES string of the molecule is C/C=C/C(=O)N[C@@H](C)C(=O)NC[C@H]1c2c(c(OC(C)=O)c(C)c3c2OCO3)CC2[C@H]3c4c(cc(C)c(OC)c4O)C[C@H](C(C#N)N21)N3C. The zero-order chi connectivity index (χ0) is 34.6. The van der Waals surface area contributed by atoms with Crippen LogP contribution in [0, 0.1) is 25.2 Å². The molecule has 1 fully saturated rings. The number of piperazine rings is 1. The number of carbonyl (C=O) groups excluding carboxylic acids is 3. The van der Waals surface area contributed by atoms with Crippen LogP contribution in [0.15, 0.2) is 18.2 Å². The lowest BCUT2D eigenvalue weighted by molar-refractivity contribution is -0.132. The van der Waals surface area contributed by atoms with Crippen LogP contribution in [0.2, 0.25) is 0 Å². The Morgan fingerprint density at radius 1 is 1.17 bits per heavy atom. The summed E-state index contributed by atoms with van der Waals surface area (Å²) in [6.45, 7) is 8.33. The number of nitrogens with zero attached hydrogens (tertiary/aromatic N) is 3. The number of rotatable bonds is 7. The third kappa shape index (κ3) is 5.20. The average Bonchev–Trinajstić information content (AvgIpc) is 3.52. The standard InChI is InChI=1S/C35H41N5O8/c1-8-9-26(42)38-18(4)35(44)37-14-25-28-21(32(48-19(5)41)17(3)33-34(28)47-15-46-33)12-23-29-27-20(10-16(2)31(45-7)30(27)43)11-22(39(29)6)24(13-36)40(23)25/h8-10,18,22-25,29,43H,11-12,14-15H2,1-7H3,(H,37,44)(H,38,42)/b9-8+/t18-,22+,23?,24?,25-,29-/m0/s1. The Kier molecular flexibility index (Phi) is 8.74. The van der Waals surface area contributed by atoms with Gasteiger partial charge in [-0.1, -0.05) is 12.1 Å². The van der Waals surface area contributed by atoms with E-state index in [-0.39, 0.29) is 31.2 Å². The van der Waals surface area contributed by atoms with Gasteiger partial charge < -0.3 is 34.7 Å². The molecule has 2 bridgehead atoms. The van der Waals surface area contributed by atoms with Crippen LogP contribution < -0.4 is 29.6 Å². The summed E-state index contributed by atoms with van der Waals surface area (Å²) in [7, 11) is 3.49. The molecule has 2 unspecified atom stereocenters. The van der Waals surface area contributed by atoms with Gasteiger partial charge in [-0.3, -0.25) is 24.2 Å². The molecule has 48 heavy (non-hydrogen) atoms. The van der Waals surface area contributed by atoms with Gasteiger partial charge in [0.2, 0.25) is 18.6 Å². The van der Waals surface area contributed by atoms with Crippen LogP contribution in [0.5, 0.6) is 28.7 Å². The Morgan fingerprint density at radius 3 is 2.56 bits per heavy atom. The monoisotopic (exact) mass is 659 g/mol. The van der Waals surface area contributed by atoms with E-state index in [1.54, 1.807) is 26.8 Å². The fourth-order valence-corrected chi connectivity index (χ4v) is 8.14. The average molecular weight is 660 g/mol. The number of carbonyl (C=O) groups is 3. The second-order valence-electron chi connectivity index (χ2n) is 12.8. The number of nitriles is 1. The van der Waals surface area contributed by atoms with Gasteiger partial charge in [-0.05, 0) is 64.8 Å². The molecule has 3 N–H and O–H groups in total. The fourth-order valence-electron chi connectivity index (χ4n) is 8.14. The summed E-state index contributed by atoms with van der Waals surface area (Å²) in [5, 5.41) is 28.2. The number of hydrogen-bond donors (Lipinski definition) is 3. The molecule has 254 valence electrons. The van der Waals surface area contributed by atoms with Crippen molar-refractivity contribution in [1.29, 1.82) is 5.26 Å². The van der Waals surface area contributed by atoms with Crippen molar-refractivity contribution in [3.63, 3.8) is 0 Å². The molecule has 13 heteroatoms. The van der Waals surface area contributed by atoms with Crippen molar-refractivity contribution >= 4 is 17.8 Å². The number of likely N-dealkylation sites (N-methyl/N-ethyl adjacent to an activating group) is 1. The predicted molar refractivity (Wildman–Crippen MR) is 173 cm³/mol. The molecule has 0 aromatic heterocycles. The number of aryl methyl sites for hydroxylation is 1. The Bertz CT molecular complexity index is 1770. The molecule has 4 heterocycles. The van der Waals surface area contributed by atoms with Crippen molar-refractivity contribution in [2.45, 2.75) is 83.7 Å². The van der Waals surface area contributed by atoms with Crippen LogP contribution in [-0.4, -0.2) is 84.4 Å². The number of nitrogens with one attached hydrogen (secondary N) is 2. The van der Waals surface area contributed by atoms with Gasteiger partial charge in [-0.15, -0.1) is 0 Å². The van der Waals surface area contributed by atoms with Gasteiger partial charge in [0.05, 0.1) is 25.3 Å². The van der Waals surface area contributed by atoms with Crippen molar-refractivity contribution in [2.75, 3.05) is 27.5 Å². The zero-order valence-electron chi connectivity index (χ0n) is 28.2. The number of fused-ring (bicyclic) bond motifs is 9. The smallest absolute Gasteiger partial charge is 0.308 e. The summed E-state index contributed by atoms with van der Waals surface area (Å²) >= 11 is 0. The lowest BCUT2D eigenvalue weighted by atomic mass is 9.71. The summed E-state index contributed by atoms with van der Waals surface area (Å²) in [5.74, 6) is 0.408. The van der Waals surface area contributed by atoms with Crippen molar-refractivity contribution < 1.29 is 38.4 Å². The van der Waals surface area contributed by atoms with Crippen molar-refractivity contribution in [1.82, 2.24) is 20.4 Å². The molecule has 2 aromatic rings. The van der Waals surface area contributed by atoms with Crippen LogP contribution in [-0.2, 0) is 27.2 Å². The summed E-state index contributed by atoms with van der Waals surface area (Å²) in [5.41, 5.74) is 4.45. The maximum absolute atomic E-state index is 13.4. The second kappa shape index (κ2) is 12.7. The number of phenols is 1. The molecule has 0 spiro atoms. The number of amides is 2. The number of esters is 1. The number of phenolic OH excluding ortho intramolecular Hbond substituents is 1. The highest BCUT2D eigenvalue weighted by Crippen LogP contribution is 2.58. The minimum absolute atomic E-state index is 0.0429. The lowest BCUT2D eigenvalue weighted by Gasteiger charge is -2.60. The zero-order valence-corrected chi connectivity index (χ0v) is 28.2. The van der Waals surface area contributed by atoms with Gasteiger partial charge in [-0.2, -0.15) is 5.26 Å². The quantitative estimate of drug-likeness (QED) is 0.228. The molecule has 6 rings (SSSR count). The Labute approximate surface area is 279 Å². The fraction of sp³-hybridized carbons (Fsp3) is 0.486. The molecule has 4 aliphatic heterocycles. The van der Waals surface area contributed by atoms with E-state index in [2.05, 4.69) is 26.5 Å². The first-order valence-electron chi connectivity index (χ1n) is 16.1. The van der Waals surface area contributed by atoms with E-state index in [1.165, 1.54) is 20.1 Å². The van der Waals surface area contributed by atoms with E-state index in [9.17, 15) is 24.8 Å². The number of benzene rings is 2. The third-order valence-corrected chi connectivity index (χ3v) is 10.1. The molecule has 0 saturated carbocycles. The number of hydrogen-bond acceptors (Lipinski definition) is 11. The number of ether oxygens (including phenoxy) is 4. The molecular formula is C35H41N5O8. The first-order valence-corrected chi connectivity index (χ1v) is 16.1. The van der Waals surface area contributed by atoms with E-state index >= 15 is 0 Å². The van der Waals surface area contributed by atoms with Gasteiger partial charge >= 0.3 is 5.97 Å². The summed E-state index contributed by atoms with van der Waals surface area (Å²) in [4.78, 5) is 42.3. The molecule has 0 aliphatic carbocycles. The van der Waals surface area contributed by atoms with Gasteiger partial charge in [0, 0.05) is 47.8 Å². The summed E-state index contributed by atoms with van der Waals surface area (Å²) in [6.07, 6.45) is 3.77. The molecule has 6 atom stereocenters. The van der Waals surface area contributed by atoms with Crippen LogP contribution >= 0.6 is 0 Å². The molecule has 2 aromatic carbocycles. The summed E-state index contributed by atoms with van der Waals surface area (Å²) in [6, 6.07) is 1.43. The topological polar surface area (TPSA) is 163 Å². The van der Waals surface area contributed by atoms with E-state index in [0.29, 0.717) is 52.5 Å². The second-order valence-corrected chi connectivity index (χ2v) is 12.8. The van der Waals surface area contributed by atoms with Crippen molar-refractivity contribution in [3.8, 4) is 34.8 Å². The first kappa shape index (κ1) is 33.1. The highest BCUT2D eigenvalue weighted by Gasteiger charge is 2.57. The predicted octanol–water partition coefficient (Wildman–Crippen LogP) is 2.64. The maximum atomic E-state index is 13.4. The molecule has 1 saturated heterocycles. The van der Waals surface area contributed by atoms with Gasteiger partial charge in [0.1, 0.15) is 17.8 Å². The highest BCUT2D eigenvalue weighted by atomic mass is 16.7. The van der Waals surface area contributed by atoms with Gasteiger partial charge in [-0.25, -0.2) is 0 Å². The normalized spacial score (nSPS) is 24.5. The van der Waals surface area contributed by atoms with Gasteiger partial charge in [0.15, 0.2) is 23.0 Å². The van der Waals surface area contributed by atoms with Crippen molar-refractivity contribution in [3.05, 3.63) is 51.6 Å². The third-order valence-electron chi connectivity index (χ3n) is 10.1. The molecule has 2 amide bonds. The summed E-state index contributed by atoms with van der Waals surface area (Å²) < 4.78 is 23.5.